The summed E-state index contributed by atoms with van der Waals surface area (Å²) in [5, 5.41) is 17.5. The molecule has 0 rings (SSSR count). The van der Waals surface area contributed by atoms with E-state index in [0.717, 1.165) is 19.3 Å². The highest BCUT2D eigenvalue weighted by atomic mass is 16.4. The van der Waals surface area contributed by atoms with E-state index in [1.807, 2.05) is 0 Å². The Hall–Kier alpha value is -1.32. The molecular weight excluding hydrogens is 364 g/mol. The first-order valence-corrected chi connectivity index (χ1v) is 11.7. The number of rotatable bonds is 21. The maximum absolute atomic E-state index is 10.7. The molecule has 2 N–H and O–H groups in total. The number of hydrogen-bond donors (Lipinski definition) is 2. The van der Waals surface area contributed by atoms with E-state index in [9.17, 15) is 9.59 Å². The van der Waals surface area contributed by atoms with Crippen molar-refractivity contribution in [3.05, 3.63) is 12.2 Å². The summed E-state index contributed by atoms with van der Waals surface area (Å²) >= 11 is 0. The van der Waals surface area contributed by atoms with Gasteiger partial charge in [0.25, 0.3) is 0 Å². The van der Waals surface area contributed by atoms with Crippen LogP contribution in [0.4, 0.5) is 0 Å². The van der Waals surface area contributed by atoms with Crippen LogP contribution < -0.4 is 0 Å². The van der Waals surface area contributed by atoms with Crippen molar-refractivity contribution in [3.63, 3.8) is 0 Å². The van der Waals surface area contributed by atoms with Gasteiger partial charge in [-0.25, -0.2) is 0 Å². The van der Waals surface area contributed by atoms with Crippen LogP contribution >= 0.6 is 0 Å². The van der Waals surface area contributed by atoms with Gasteiger partial charge in [-0.2, -0.15) is 0 Å². The maximum Gasteiger partial charge on any atom is 0.321 e. The molecular formula is C25H48O4. The second-order valence-electron chi connectivity index (χ2n) is 8.03. The zero-order valence-electron chi connectivity index (χ0n) is 18.2. The minimum Gasteiger partial charge on any atom is -0.480 e. The van der Waals surface area contributed by atoms with Gasteiger partial charge in [-0.15, -0.1) is 0 Å². The van der Waals surface area contributed by atoms with Crippen molar-refractivity contribution in [2.24, 2.45) is 5.92 Å². The zero-order chi connectivity index (χ0) is 20.9. The first kappa shape index (κ1) is 29.9. The Balaban J connectivity index is 0. The van der Waals surface area contributed by atoms with Crippen molar-refractivity contribution in [1.29, 1.82) is 0 Å². The predicted octanol–water partition coefficient (Wildman–Crippen LogP) is 8.01. The Morgan fingerprint density at radius 2 is 0.931 bits per heavy atom. The van der Waals surface area contributed by atoms with E-state index in [1.54, 1.807) is 6.08 Å². The molecule has 0 aromatic carbocycles. The molecule has 0 aliphatic rings. The molecule has 29 heavy (non-hydrogen) atoms. The molecule has 0 atom stereocenters. The normalized spacial score (nSPS) is 11.1. The van der Waals surface area contributed by atoms with Crippen molar-refractivity contribution in [1.82, 2.24) is 0 Å². The highest BCUT2D eigenvalue weighted by molar-refractivity contribution is 5.94. The smallest absolute Gasteiger partial charge is 0.321 e. The van der Waals surface area contributed by atoms with Crippen molar-refractivity contribution < 1.29 is 19.8 Å². The number of hydrogen-bond acceptors (Lipinski definition) is 2. The topological polar surface area (TPSA) is 74.6 Å². The Bertz CT molecular complexity index is 390. The molecule has 0 bridgehead atoms. The van der Waals surface area contributed by atoms with Gasteiger partial charge in [0, 0.05) is 0 Å². The fourth-order valence-corrected chi connectivity index (χ4v) is 3.49. The van der Waals surface area contributed by atoms with E-state index in [1.165, 1.54) is 102 Å². The molecule has 0 radical (unpaired) electrons. The summed E-state index contributed by atoms with van der Waals surface area (Å²) in [6.07, 6.45) is 26.4. The van der Waals surface area contributed by atoms with Crippen molar-refractivity contribution in [3.8, 4) is 0 Å². The predicted molar refractivity (Wildman–Crippen MR) is 123 cm³/mol. The molecule has 4 heteroatoms. The third-order valence-electron chi connectivity index (χ3n) is 5.33. The lowest BCUT2D eigenvalue weighted by Crippen LogP contribution is -2.20. The average Bonchev–Trinajstić information content (AvgIpc) is 2.65. The third-order valence-corrected chi connectivity index (χ3v) is 5.33. The SMILES string of the molecule is C.CCCCCCCCCCCCCCCCCCCC=CC(C(=O)O)C(=O)O. The molecule has 0 aromatic rings. The standard InChI is InChI=1S/C24H44O4.CH4/c1-2-3-4-5-6-7-8-9-10-11-12-13-14-15-16-17-18-19-20-21-22(23(25)26)24(27)28;/h20-22H,2-19H2,1H3,(H,25,26)(H,27,28);1H4. The number of aliphatic carboxylic acids is 2. The quantitative estimate of drug-likeness (QED) is 0.114. The Kier molecular flexibility index (Phi) is 23.7. The van der Waals surface area contributed by atoms with Gasteiger partial charge in [-0.05, 0) is 12.8 Å². The van der Waals surface area contributed by atoms with Crippen LogP contribution in [0.2, 0.25) is 0 Å². The largest absolute Gasteiger partial charge is 0.480 e. The third kappa shape index (κ3) is 21.2. The minimum atomic E-state index is -1.41. The fraction of sp³-hybridized carbons (Fsp3) is 0.840. The molecule has 0 spiro atoms. The van der Waals surface area contributed by atoms with Gasteiger partial charge in [0.1, 0.15) is 0 Å². The van der Waals surface area contributed by atoms with Crippen LogP contribution in [0.25, 0.3) is 0 Å². The number of carboxylic acid groups (broad SMARTS) is 2. The van der Waals surface area contributed by atoms with Gasteiger partial charge in [0.15, 0.2) is 5.92 Å². The maximum atomic E-state index is 10.7. The molecule has 0 heterocycles. The summed E-state index contributed by atoms with van der Waals surface area (Å²) in [6, 6.07) is 0. The van der Waals surface area contributed by atoms with E-state index in [0.29, 0.717) is 0 Å². The molecule has 0 aromatic heterocycles. The summed E-state index contributed by atoms with van der Waals surface area (Å²) in [7, 11) is 0. The van der Waals surface area contributed by atoms with Gasteiger partial charge < -0.3 is 10.2 Å². The first-order valence-electron chi connectivity index (χ1n) is 11.7. The summed E-state index contributed by atoms with van der Waals surface area (Å²) in [5.74, 6) is -4.01. The van der Waals surface area contributed by atoms with Gasteiger partial charge in [0.2, 0.25) is 0 Å². The Labute approximate surface area is 180 Å². The number of carboxylic acids is 2. The second-order valence-corrected chi connectivity index (χ2v) is 8.03. The van der Waals surface area contributed by atoms with E-state index >= 15 is 0 Å². The Morgan fingerprint density at radius 3 is 1.24 bits per heavy atom. The van der Waals surface area contributed by atoms with Crippen molar-refractivity contribution in [2.45, 2.75) is 130 Å². The van der Waals surface area contributed by atoms with Gasteiger partial charge in [0.05, 0.1) is 0 Å². The monoisotopic (exact) mass is 412 g/mol. The Morgan fingerprint density at radius 1 is 0.621 bits per heavy atom. The molecule has 0 unspecified atom stereocenters. The van der Waals surface area contributed by atoms with Crippen LogP contribution in [0.1, 0.15) is 130 Å². The zero-order valence-corrected chi connectivity index (χ0v) is 18.2. The van der Waals surface area contributed by atoms with Gasteiger partial charge >= 0.3 is 11.9 Å². The highest BCUT2D eigenvalue weighted by Gasteiger charge is 2.21. The van der Waals surface area contributed by atoms with Crippen molar-refractivity contribution >= 4 is 11.9 Å². The van der Waals surface area contributed by atoms with Gasteiger partial charge in [-0.1, -0.05) is 129 Å². The van der Waals surface area contributed by atoms with E-state index < -0.39 is 17.9 Å². The van der Waals surface area contributed by atoms with Gasteiger partial charge in [-0.3, -0.25) is 9.59 Å². The minimum absolute atomic E-state index is 0. The van der Waals surface area contributed by atoms with Crippen LogP contribution in [-0.2, 0) is 9.59 Å². The molecule has 0 saturated carbocycles. The molecule has 172 valence electrons. The first-order chi connectivity index (χ1) is 13.6. The number of allylic oxidation sites excluding steroid dienone is 1. The summed E-state index contributed by atoms with van der Waals surface area (Å²) < 4.78 is 0. The van der Waals surface area contributed by atoms with Crippen LogP contribution in [-0.4, -0.2) is 22.2 Å². The van der Waals surface area contributed by atoms with Crippen LogP contribution in [0.5, 0.6) is 0 Å². The van der Waals surface area contributed by atoms with E-state index in [-0.39, 0.29) is 7.43 Å². The highest BCUT2D eigenvalue weighted by Crippen LogP contribution is 2.14. The molecule has 0 aliphatic heterocycles. The lowest BCUT2D eigenvalue weighted by molar-refractivity contribution is -0.151. The molecule has 0 aliphatic carbocycles. The van der Waals surface area contributed by atoms with Crippen LogP contribution in [0, 0.1) is 5.92 Å². The molecule has 0 fully saturated rings. The second kappa shape index (κ2) is 23.0. The summed E-state index contributed by atoms with van der Waals surface area (Å²) in [5.41, 5.74) is 0. The molecule has 0 saturated heterocycles. The summed E-state index contributed by atoms with van der Waals surface area (Å²) in [4.78, 5) is 21.5. The van der Waals surface area contributed by atoms with Crippen LogP contribution in [0.15, 0.2) is 12.2 Å². The number of unbranched alkanes of at least 4 members (excludes halogenated alkanes) is 17. The van der Waals surface area contributed by atoms with E-state index in [4.69, 9.17) is 10.2 Å². The number of carbonyl (C=O) groups is 2. The van der Waals surface area contributed by atoms with Crippen molar-refractivity contribution in [2.75, 3.05) is 0 Å². The molecule has 4 nitrogen and oxygen atoms in total. The van der Waals surface area contributed by atoms with Crippen LogP contribution in [0.3, 0.4) is 0 Å². The summed E-state index contributed by atoms with van der Waals surface area (Å²) in [6.45, 7) is 2.27. The lowest BCUT2D eigenvalue weighted by atomic mass is 10.0. The average molecular weight is 413 g/mol. The molecule has 0 amide bonds. The lowest BCUT2D eigenvalue weighted by Gasteiger charge is -2.03. The fourth-order valence-electron chi connectivity index (χ4n) is 3.49. The van der Waals surface area contributed by atoms with E-state index in [2.05, 4.69) is 6.92 Å².